The minimum Gasteiger partial charge on any atom is -0.508 e. The van der Waals surface area contributed by atoms with Crippen molar-refractivity contribution in [1.29, 1.82) is 0 Å². The van der Waals surface area contributed by atoms with Crippen molar-refractivity contribution in [1.82, 2.24) is 0 Å². The highest BCUT2D eigenvalue weighted by Crippen LogP contribution is 2.30. The molecule has 0 spiro atoms. The monoisotopic (exact) mass is 215 g/mol. The molecule has 0 fully saturated rings. The molecule has 0 radical (unpaired) electrons. The van der Waals surface area contributed by atoms with Gasteiger partial charge in [-0.15, -0.1) is 0 Å². The molecule has 16 heavy (non-hydrogen) atoms. The predicted octanol–water partition coefficient (Wildman–Crippen LogP) is 2.06. The summed E-state index contributed by atoms with van der Waals surface area (Å²) in [6, 6.07) is 13.8. The molecule has 0 amide bonds. The van der Waals surface area contributed by atoms with Gasteiger partial charge in [0.15, 0.2) is 0 Å². The molecule has 3 nitrogen and oxygen atoms in total. The Balaban J connectivity index is 2.41. The van der Waals surface area contributed by atoms with Crippen molar-refractivity contribution in [2.24, 2.45) is 0 Å². The maximum atomic E-state index is 10.1. The molecule has 0 aliphatic rings. The number of benzene rings is 2. The first-order valence-electron chi connectivity index (χ1n) is 5.00. The fraction of sp³-hybridized carbons (Fsp3) is 0.0769. The molecule has 0 aliphatic carbocycles. The first kappa shape index (κ1) is 10.5. The molecule has 0 aliphatic heterocycles. The molecular formula is C13H13NO2. The lowest BCUT2D eigenvalue weighted by atomic mass is 10.0. The van der Waals surface area contributed by atoms with E-state index < -0.39 is 6.10 Å². The zero-order valence-corrected chi connectivity index (χ0v) is 8.67. The average molecular weight is 215 g/mol. The molecule has 2 aromatic rings. The van der Waals surface area contributed by atoms with Crippen LogP contribution in [0.5, 0.6) is 5.75 Å². The van der Waals surface area contributed by atoms with E-state index in [1.54, 1.807) is 24.3 Å². The van der Waals surface area contributed by atoms with Crippen LogP contribution in [-0.4, -0.2) is 10.2 Å². The van der Waals surface area contributed by atoms with E-state index in [4.69, 9.17) is 5.73 Å². The van der Waals surface area contributed by atoms with E-state index >= 15 is 0 Å². The Hall–Kier alpha value is -2.00. The lowest BCUT2D eigenvalue weighted by Crippen LogP contribution is -2.00. The molecule has 3 heteroatoms. The summed E-state index contributed by atoms with van der Waals surface area (Å²) in [4.78, 5) is 0. The van der Waals surface area contributed by atoms with Crippen molar-refractivity contribution >= 4 is 5.69 Å². The zero-order chi connectivity index (χ0) is 11.5. The van der Waals surface area contributed by atoms with Crippen molar-refractivity contribution in [3.8, 4) is 5.75 Å². The van der Waals surface area contributed by atoms with Gasteiger partial charge in [-0.3, -0.25) is 0 Å². The summed E-state index contributed by atoms with van der Waals surface area (Å²) < 4.78 is 0. The molecule has 82 valence electrons. The van der Waals surface area contributed by atoms with Crippen LogP contribution in [0.2, 0.25) is 0 Å². The number of nitrogen functional groups attached to an aromatic ring is 1. The number of hydrogen-bond donors (Lipinski definition) is 3. The molecule has 0 heterocycles. The molecule has 0 aromatic heterocycles. The van der Waals surface area contributed by atoms with E-state index in [-0.39, 0.29) is 5.75 Å². The van der Waals surface area contributed by atoms with E-state index in [1.807, 2.05) is 18.2 Å². The number of aromatic hydroxyl groups is 1. The number of nitrogens with two attached hydrogens (primary N) is 1. The van der Waals surface area contributed by atoms with Crippen LogP contribution in [0, 0.1) is 0 Å². The highest BCUT2D eigenvalue weighted by Gasteiger charge is 2.14. The average Bonchev–Trinajstić information content (AvgIpc) is 2.32. The minimum atomic E-state index is -0.857. The lowest BCUT2D eigenvalue weighted by Gasteiger charge is -2.13. The van der Waals surface area contributed by atoms with E-state index in [1.165, 1.54) is 6.07 Å². The maximum Gasteiger partial charge on any atom is 0.121 e. The van der Waals surface area contributed by atoms with Gasteiger partial charge in [0.2, 0.25) is 0 Å². The molecule has 1 unspecified atom stereocenters. The van der Waals surface area contributed by atoms with E-state index in [9.17, 15) is 10.2 Å². The highest BCUT2D eigenvalue weighted by molar-refractivity contribution is 5.50. The van der Waals surface area contributed by atoms with Crippen molar-refractivity contribution < 1.29 is 10.2 Å². The van der Waals surface area contributed by atoms with Crippen LogP contribution in [0.1, 0.15) is 17.2 Å². The number of aliphatic hydroxyl groups is 1. The Labute approximate surface area is 93.8 Å². The Morgan fingerprint density at radius 1 is 1.00 bits per heavy atom. The number of phenols is 1. The maximum absolute atomic E-state index is 10.1. The van der Waals surface area contributed by atoms with Gasteiger partial charge in [-0.05, 0) is 23.8 Å². The molecule has 2 rings (SSSR count). The van der Waals surface area contributed by atoms with Crippen LogP contribution in [0.4, 0.5) is 5.69 Å². The first-order chi connectivity index (χ1) is 7.68. The second-order valence-electron chi connectivity index (χ2n) is 3.63. The van der Waals surface area contributed by atoms with Crippen molar-refractivity contribution in [3.63, 3.8) is 0 Å². The van der Waals surface area contributed by atoms with Crippen LogP contribution >= 0.6 is 0 Å². The molecular weight excluding hydrogens is 202 g/mol. The summed E-state index contributed by atoms with van der Waals surface area (Å²) in [7, 11) is 0. The van der Waals surface area contributed by atoms with Gasteiger partial charge < -0.3 is 15.9 Å². The highest BCUT2D eigenvalue weighted by atomic mass is 16.3. The van der Waals surface area contributed by atoms with Gasteiger partial charge in [-0.25, -0.2) is 0 Å². The SMILES string of the molecule is Nc1ccc(O)c(C(O)c2ccccc2)c1. The number of hydrogen-bond acceptors (Lipinski definition) is 3. The second kappa shape index (κ2) is 4.24. The van der Waals surface area contributed by atoms with Gasteiger partial charge in [0.05, 0.1) is 0 Å². The minimum absolute atomic E-state index is 0.0468. The smallest absolute Gasteiger partial charge is 0.121 e. The second-order valence-corrected chi connectivity index (χ2v) is 3.63. The van der Waals surface area contributed by atoms with Gasteiger partial charge in [0, 0.05) is 11.3 Å². The molecule has 4 N–H and O–H groups in total. The fourth-order valence-corrected chi connectivity index (χ4v) is 1.61. The summed E-state index contributed by atoms with van der Waals surface area (Å²) in [6.07, 6.45) is -0.857. The Bertz CT molecular complexity index is 483. The van der Waals surface area contributed by atoms with Crippen LogP contribution in [0.25, 0.3) is 0 Å². The fourth-order valence-electron chi connectivity index (χ4n) is 1.61. The van der Waals surface area contributed by atoms with E-state index in [0.717, 1.165) is 5.56 Å². The van der Waals surface area contributed by atoms with Crippen LogP contribution in [0.3, 0.4) is 0 Å². The number of aliphatic hydroxyl groups excluding tert-OH is 1. The quantitative estimate of drug-likeness (QED) is 0.530. The van der Waals surface area contributed by atoms with Crippen molar-refractivity contribution in [2.75, 3.05) is 5.73 Å². The van der Waals surface area contributed by atoms with E-state index in [0.29, 0.717) is 11.3 Å². The molecule has 2 aromatic carbocycles. The molecule has 1 atom stereocenters. The normalized spacial score (nSPS) is 12.3. The molecule has 0 saturated carbocycles. The molecule has 0 bridgehead atoms. The number of anilines is 1. The summed E-state index contributed by atoms with van der Waals surface area (Å²) in [5.74, 6) is 0.0468. The van der Waals surface area contributed by atoms with Crippen LogP contribution < -0.4 is 5.73 Å². The Kier molecular flexibility index (Phi) is 2.79. The summed E-state index contributed by atoms with van der Waals surface area (Å²) in [5, 5.41) is 19.7. The zero-order valence-electron chi connectivity index (χ0n) is 8.67. The topological polar surface area (TPSA) is 66.5 Å². The van der Waals surface area contributed by atoms with Crippen LogP contribution in [0.15, 0.2) is 48.5 Å². The standard InChI is InChI=1S/C13H13NO2/c14-10-6-7-12(15)11(8-10)13(16)9-4-2-1-3-5-9/h1-8,13,15-16H,14H2. The Morgan fingerprint density at radius 3 is 2.38 bits per heavy atom. The lowest BCUT2D eigenvalue weighted by molar-refractivity contribution is 0.215. The van der Waals surface area contributed by atoms with Crippen molar-refractivity contribution in [2.45, 2.75) is 6.10 Å². The third kappa shape index (κ3) is 1.99. The number of rotatable bonds is 2. The summed E-state index contributed by atoms with van der Waals surface area (Å²) in [5.41, 5.74) is 7.29. The third-order valence-electron chi connectivity index (χ3n) is 2.46. The summed E-state index contributed by atoms with van der Waals surface area (Å²) >= 11 is 0. The van der Waals surface area contributed by atoms with Crippen LogP contribution in [-0.2, 0) is 0 Å². The van der Waals surface area contributed by atoms with E-state index in [2.05, 4.69) is 0 Å². The predicted molar refractivity (Wildman–Crippen MR) is 63.0 cm³/mol. The molecule has 0 saturated heterocycles. The first-order valence-corrected chi connectivity index (χ1v) is 5.00. The third-order valence-corrected chi connectivity index (χ3v) is 2.46. The number of phenolic OH excluding ortho intramolecular Hbond substituents is 1. The van der Waals surface area contributed by atoms with Gasteiger partial charge in [-0.1, -0.05) is 30.3 Å². The van der Waals surface area contributed by atoms with Gasteiger partial charge in [-0.2, -0.15) is 0 Å². The van der Waals surface area contributed by atoms with Gasteiger partial charge in [0.25, 0.3) is 0 Å². The summed E-state index contributed by atoms with van der Waals surface area (Å²) in [6.45, 7) is 0. The largest absolute Gasteiger partial charge is 0.508 e. The Morgan fingerprint density at radius 2 is 1.69 bits per heavy atom. The van der Waals surface area contributed by atoms with Gasteiger partial charge >= 0.3 is 0 Å². The van der Waals surface area contributed by atoms with Gasteiger partial charge in [0.1, 0.15) is 11.9 Å². The van der Waals surface area contributed by atoms with Crippen molar-refractivity contribution in [3.05, 3.63) is 59.7 Å².